The molecule has 5 rings (SSSR count). The molecule has 0 bridgehead atoms. The maximum atomic E-state index is 13.5. The van der Waals surface area contributed by atoms with Crippen molar-refractivity contribution in [3.8, 4) is 0 Å². The third-order valence-corrected chi connectivity index (χ3v) is 6.13. The first-order chi connectivity index (χ1) is 13.1. The molecule has 2 heterocycles. The molecule has 3 atom stereocenters. The van der Waals surface area contributed by atoms with Gasteiger partial charge in [-0.3, -0.25) is 0 Å². The summed E-state index contributed by atoms with van der Waals surface area (Å²) < 4.78 is 19.9. The van der Waals surface area contributed by atoms with Gasteiger partial charge >= 0.3 is 0 Å². The van der Waals surface area contributed by atoms with Crippen LogP contribution in [0.2, 0.25) is 0 Å². The fraction of sp³-hybridized carbons (Fsp3) is 0.409. The predicted octanol–water partition coefficient (Wildman–Crippen LogP) is 3.41. The summed E-state index contributed by atoms with van der Waals surface area (Å²) in [7, 11) is 0. The molecule has 1 fully saturated rings. The fourth-order valence-electron chi connectivity index (χ4n) is 4.76. The van der Waals surface area contributed by atoms with Gasteiger partial charge in [0.05, 0.1) is 12.6 Å². The van der Waals surface area contributed by atoms with Crippen molar-refractivity contribution in [2.45, 2.75) is 43.4 Å². The number of aliphatic imine (C=N–C) groups is 1. The standard InChI is InChI=1S/C22H24FN3O/c23-17-7-5-16(6-8-17)20-19-4-2-1-3-15(19)10-12-26(20)21-25-14-22(27-21)11-9-18(24)13-22/h1-8,18,20H,9-14,24H2/t18-,20-,22-/m0/s1. The molecule has 0 radical (unpaired) electrons. The van der Waals surface area contributed by atoms with E-state index in [1.807, 2.05) is 12.1 Å². The van der Waals surface area contributed by atoms with Gasteiger partial charge in [-0.25, -0.2) is 9.38 Å². The number of hydrogen-bond donors (Lipinski definition) is 1. The van der Waals surface area contributed by atoms with Crippen molar-refractivity contribution in [2.24, 2.45) is 10.7 Å². The largest absolute Gasteiger partial charge is 0.456 e. The number of nitrogens with zero attached hydrogens (tertiary/aromatic N) is 2. The molecule has 4 nitrogen and oxygen atoms in total. The summed E-state index contributed by atoms with van der Waals surface area (Å²) in [5.41, 5.74) is 9.53. The Balaban J connectivity index is 1.51. The van der Waals surface area contributed by atoms with Crippen molar-refractivity contribution >= 4 is 6.02 Å². The van der Waals surface area contributed by atoms with Crippen LogP contribution in [0.1, 0.15) is 42.0 Å². The van der Waals surface area contributed by atoms with Gasteiger partial charge in [0.1, 0.15) is 11.4 Å². The Morgan fingerprint density at radius 1 is 1.15 bits per heavy atom. The molecule has 3 aliphatic rings. The summed E-state index contributed by atoms with van der Waals surface area (Å²) in [6.07, 6.45) is 3.77. The lowest BCUT2D eigenvalue weighted by atomic mass is 9.88. The maximum Gasteiger partial charge on any atom is 0.288 e. The van der Waals surface area contributed by atoms with E-state index in [9.17, 15) is 4.39 Å². The van der Waals surface area contributed by atoms with Crippen LogP contribution in [-0.2, 0) is 11.2 Å². The van der Waals surface area contributed by atoms with Crippen LogP contribution in [0, 0.1) is 5.82 Å². The highest BCUT2D eigenvalue weighted by atomic mass is 19.1. The van der Waals surface area contributed by atoms with Gasteiger partial charge < -0.3 is 15.4 Å². The van der Waals surface area contributed by atoms with Crippen LogP contribution >= 0.6 is 0 Å². The van der Waals surface area contributed by atoms with Crippen molar-refractivity contribution in [2.75, 3.05) is 13.1 Å². The molecule has 2 N–H and O–H groups in total. The van der Waals surface area contributed by atoms with E-state index >= 15 is 0 Å². The first-order valence-electron chi connectivity index (χ1n) is 9.73. The Hall–Kier alpha value is -2.40. The molecule has 5 heteroatoms. The lowest BCUT2D eigenvalue weighted by Crippen LogP contribution is -2.43. The van der Waals surface area contributed by atoms with Gasteiger partial charge in [-0.1, -0.05) is 36.4 Å². The van der Waals surface area contributed by atoms with E-state index in [1.165, 1.54) is 23.3 Å². The van der Waals surface area contributed by atoms with Gasteiger partial charge in [0.15, 0.2) is 0 Å². The zero-order chi connectivity index (χ0) is 18.4. The number of rotatable bonds is 1. The topological polar surface area (TPSA) is 50.8 Å². The normalized spacial score (nSPS) is 29.6. The first kappa shape index (κ1) is 16.8. The van der Waals surface area contributed by atoms with Crippen molar-refractivity contribution < 1.29 is 9.13 Å². The Morgan fingerprint density at radius 3 is 2.74 bits per heavy atom. The highest BCUT2D eigenvalue weighted by Gasteiger charge is 2.46. The molecule has 2 aromatic rings. The van der Waals surface area contributed by atoms with Crippen molar-refractivity contribution in [3.63, 3.8) is 0 Å². The molecule has 27 heavy (non-hydrogen) atoms. The molecule has 1 spiro atoms. The Morgan fingerprint density at radius 2 is 1.96 bits per heavy atom. The number of hydrogen-bond acceptors (Lipinski definition) is 4. The minimum atomic E-state index is -0.223. The summed E-state index contributed by atoms with van der Waals surface area (Å²) >= 11 is 0. The number of nitrogens with two attached hydrogens (primary N) is 1. The van der Waals surface area contributed by atoms with Crippen LogP contribution in [0.25, 0.3) is 0 Å². The highest BCUT2D eigenvalue weighted by Crippen LogP contribution is 2.41. The van der Waals surface area contributed by atoms with Crippen LogP contribution in [0.3, 0.4) is 0 Å². The monoisotopic (exact) mass is 365 g/mol. The van der Waals surface area contributed by atoms with Gasteiger partial charge in [0.2, 0.25) is 0 Å². The summed E-state index contributed by atoms with van der Waals surface area (Å²) in [6.45, 7) is 1.52. The second-order valence-corrected chi connectivity index (χ2v) is 7.98. The van der Waals surface area contributed by atoms with E-state index in [4.69, 9.17) is 15.5 Å². The summed E-state index contributed by atoms with van der Waals surface area (Å²) in [5.74, 6) is -0.220. The van der Waals surface area contributed by atoms with Crippen molar-refractivity contribution in [1.82, 2.24) is 4.90 Å². The second-order valence-electron chi connectivity index (χ2n) is 7.98. The zero-order valence-electron chi connectivity index (χ0n) is 15.3. The average Bonchev–Trinajstić information content (AvgIpc) is 3.27. The molecule has 2 aromatic carbocycles. The van der Waals surface area contributed by atoms with Crippen LogP contribution in [0.4, 0.5) is 4.39 Å². The van der Waals surface area contributed by atoms with Crippen LogP contribution < -0.4 is 5.73 Å². The zero-order valence-corrected chi connectivity index (χ0v) is 15.3. The highest BCUT2D eigenvalue weighted by molar-refractivity contribution is 5.78. The summed E-state index contributed by atoms with van der Waals surface area (Å²) in [6, 6.07) is 16.2. The van der Waals surface area contributed by atoms with E-state index in [0.29, 0.717) is 12.6 Å². The molecular weight excluding hydrogens is 341 g/mol. The second kappa shape index (κ2) is 6.34. The van der Waals surface area contributed by atoms with Crippen LogP contribution in [0.5, 0.6) is 0 Å². The number of fused-ring (bicyclic) bond motifs is 1. The fourth-order valence-corrected chi connectivity index (χ4v) is 4.76. The lowest BCUT2D eigenvalue weighted by Gasteiger charge is -2.39. The van der Waals surface area contributed by atoms with E-state index in [1.54, 1.807) is 0 Å². The van der Waals surface area contributed by atoms with Crippen molar-refractivity contribution in [1.29, 1.82) is 0 Å². The van der Waals surface area contributed by atoms with Gasteiger partial charge in [-0.2, -0.15) is 0 Å². The molecule has 0 aromatic heterocycles. The molecule has 1 saturated carbocycles. The Kier molecular flexibility index (Phi) is 3.93. The molecule has 2 aliphatic heterocycles. The molecule has 140 valence electrons. The number of ether oxygens (including phenoxy) is 1. The quantitative estimate of drug-likeness (QED) is 0.843. The van der Waals surface area contributed by atoms with Gasteiger partial charge in [-0.05, 0) is 48.1 Å². The van der Waals surface area contributed by atoms with E-state index < -0.39 is 0 Å². The number of benzene rings is 2. The summed E-state index contributed by atoms with van der Waals surface area (Å²) in [5, 5.41) is 0. The third kappa shape index (κ3) is 2.90. The molecule has 0 unspecified atom stereocenters. The minimum absolute atomic E-state index is 0.0143. The molecule has 0 amide bonds. The number of halogens is 1. The summed E-state index contributed by atoms with van der Waals surface area (Å²) in [4.78, 5) is 7.03. The average molecular weight is 365 g/mol. The molecular formula is C22H24FN3O. The van der Waals surface area contributed by atoms with Gasteiger partial charge in [0.25, 0.3) is 6.02 Å². The van der Waals surface area contributed by atoms with Gasteiger partial charge in [0, 0.05) is 19.0 Å². The molecule has 1 aliphatic carbocycles. The Labute approximate surface area is 158 Å². The molecule has 0 saturated heterocycles. The van der Waals surface area contributed by atoms with E-state index in [-0.39, 0.29) is 23.5 Å². The SMILES string of the molecule is N[C@H]1CC[C@@]2(CN=C(N3CCc4ccccc4[C@@H]3c3ccc(F)cc3)O2)C1. The van der Waals surface area contributed by atoms with Crippen LogP contribution in [0.15, 0.2) is 53.5 Å². The minimum Gasteiger partial charge on any atom is -0.456 e. The maximum absolute atomic E-state index is 13.5. The van der Waals surface area contributed by atoms with Gasteiger partial charge in [-0.15, -0.1) is 0 Å². The van der Waals surface area contributed by atoms with Crippen molar-refractivity contribution in [3.05, 3.63) is 71.0 Å². The van der Waals surface area contributed by atoms with E-state index in [2.05, 4.69) is 29.2 Å². The number of amidine groups is 1. The first-order valence-corrected chi connectivity index (χ1v) is 9.73. The Bertz CT molecular complexity index is 881. The van der Waals surface area contributed by atoms with E-state index in [0.717, 1.165) is 37.8 Å². The van der Waals surface area contributed by atoms with Crippen LogP contribution in [-0.4, -0.2) is 35.7 Å². The third-order valence-electron chi connectivity index (χ3n) is 6.13. The predicted molar refractivity (Wildman–Crippen MR) is 103 cm³/mol. The lowest BCUT2D eigenvalue weighted by molar-refractivity contribution is 0.0682. The smallest absolute Gasteiger partial charge is 0.288 e.